The Labute approximate surface area is 62.3 Å². The molecule has 1 aliphatic carbocycles. The molecule has 0 N–H and O–H groups in total. The molecule has 0 aliphatic heterocycles. The van der Waals surface area contributed by atoms with Gasteiger partial charge in [-0.3, -0.25) is 0 Å². The van der Waals surface area contributed by atoms with Gasteiger partial charge in [-0.2, -0.15) is 0 Å². The van der Waals surface area contributed by atoms with E-state index in [-0.39, 0.29) is 0 Å². The third-order valence-corrected chi connectivity index (χ3v) is 1.71. The molecular weight excluding hydrogens is 120 g/mol. The van der Waals surface area contributed by atoms with Crippen LogP contribution in [-0.2, 0) is 0 Å². The summed E-state index contributed by atoms with van der Waals surface area (Å²) in [5, 5.41) is 0. The summed E-state index contributed by atoms with van der Waals surface area (Å²) in [6.07, 6.45) is 6.99. The first-order valence-electron chi connectivity index (χ1n) is 3.43. The van der Waals surface area contributed by atoms with Gasteiger partial charge in [0.1, 0.15) is 0 Å². The van der Waals surface area contributed by atoms with Crippen LogP contribution in [0.15, 0.2) is 48.1 Å². The molecule has 1 rings (SSSR count). The molecule has 0 saturated carbocycles. The van der Waals surface area contributed by atoms with E-state index in [1.807, 2.05) is 12.2 Å². The predicted molar refractivity (Wildman–Crippen MR) is 45.8 cm³/mol. The van der Waals surface area contributed by atoms with E-state index in [0.717, 1.165) is 6.42 Å². The van der Waals surface area contributed by atoms with Crippen LogP contribution in [0.4, 0.5) is 0 Å². The monoisotopic (exact) mass is 132 g/mol. The highest BCUT2D eigenvalue weighted by atomic mass is 14.1. The first-order valence-corrected chi connectivity index (χ1v) is 3.43. The lowest BCUT2D eigenvalue weighted by Crippen LogP contribution is -1.74. The molecule has 0 atom stereocenters. The molecule has 10 heavy (non-hydrogen) atoms. The lowest BCUT2D eigenvalue weighted by molar-refractivity contribution is 1.19. The molecule has 0 amide bonds. The van der Waals surface area contributed by atoms with Crippen LogP contribution in [-0.4, -0.2) is 0 Å². The van der Waals surface area contributed by atoms with Gasteiger partial charge >= 0.3 is 0 Å². The van der Waals surface area contributed by atoms with E-state index >= 15 is 0 Å². The fraction of sp³-hybridized carbons (Fsp3) is 0.200. The van der Waals surface area contributed by atoms with E-state index in [0.29, 0.717) is 0 Å². The van der Waals surface area contributed by atoms with E-state index in [4.69, 9.17) is 0 Å². The van der Waals surface area contributed by atoms with Gasteiger partial charge in [0, 0.05) is 0 Å². The normalized spacial score (nSPS) is 17.1. The molecule has 0 fully saturated rings. The number of allylic oxidation sites excluding steroid dienone is 6. The maximum absolute atomic E-state index is 3.74. The molecule has 0 bridgehead atoms. The second kappa shape index (κ2) is 2.70. The maximum atomic E-state index is 3.74. The Morgan fingerprint density at radius 2 is 2.10 bits per heavy atom. The Kier molecular flexibility index (Phi) is 1.91. The highest BCUT2D eigenvalue weighted by molar-refractivity contribution is 5.48. The molecular formula is C10H12. The first kappa shape index (κ1) is 7.07. The fourth-order valence-electron chi connectivity index (χ4n) is 1.19. The molecule has 0 spiro atoms. The topological polar surface area (TPSA) is 0 Å². The zero-order valence-corrected chi connectivity index (χ0v) is 6.35. The van der Waals surface area contributed by atoms with Crippen molar-refractivity contribution in [1.82, 2.24) is 0 Å². The van der Waals surface area contributed by atoms with Crippen molar-refractivity contribution in [3.05, 3.63) is 48.1 Å². The molecule has 1 aliphatic rings. The quantitative estimate of drug-likeness (QED) is 0.541. The van der Waals surface area contributed by atoms with Crippen molar-refractivity contribution in [2.24, 2.45) is 0 Å². The summed E-state index contributed by atoms with van der Waals surface area (Å²) in [6, 6.07) is 0. The average molecular weight is 132 g/mol. The van der Waals surface area contributed by atoms with Gasteiger partial charge in [0.25, 0.3) is 0 Å². The summed E-state index contributed by atoms with van der Waals surface area (Å²) >= 11 is 0. The van der Waals surface area contributed by atoms with Gasteiger partial charge in [-0.1, -0.05) is 37.0 Å². The van der Waals surface area contributed by atoms with Crippen molar-refractivity contribution >= 4 is 0 Å². The minimum absolute atomic E-state index is 1.05. The summed E-state index contributed by atoms with van der Waals surface area (Å²) in [6.45, 7) is 9.59. The lowest BCUT2D eigenvalue weighted by Gasteiger charge is -1.93. The summed E-state index contributed by atoms with van der Waals surface area (Å²) < 4.78 is 0. The molecule has 0 aromatic carbocycles. The summed E-state index contributed by atoms with van der Waals surface area (Å²) in [5.74, 6) is 0. The van der Waals surface area contributed by atoms with Crippen LogP contribution >= 0.6 is 0 Å². The average Bonchev–Trinajstić information content (AvgIpc) is 2.30. The summed E-state index contributed by atoms with van der Waals surface area (Å²) in [5.41, 5.74) is 3.92. The number of rotatable bonds is 2. The highest BCUT2D eigenvalue weighted by Crippen LogP contribution is 2.25. The second-order valence-corrected chi connectivity index (χ2v) is 2.56. The van der Waals surface area contributed by atoms with Gasteiger partial charge in [-0.15, -0.1) is 0 Å². The van der Waals surface area contributed by atoms with Crippen molar-refractivity contribution < 1.29 is 0 Å². The van der Waals surface area contributed by atoms with Gasteiger partial charge in [0.15, 0.2) is 0 Å². The van der Waals surface area contributed by atoms with Crippen molar-refractivity contribution in [3.8, 4) is 0 Å². The molecule has 0 aromatic rings. The standard InChI is InChI=1S/C10H12/c1-4-9-6-8(3)7-10(9)5-2/h4-6H,1-2,7H2,3H3. The van der Waals surface area contributed by atoms with E-state index in [9.17, 15) is 0 Å². The van der Waals surface area contributed by atoms with Crippen molar-refractivity contribution in [1.29, 1.82) is 0 Å². The third kappa shape index (κ3) is 1.10. The van der Waals surface area contributed by atoms with E-state index < -0.39 is 0 Å². The van der Waals surface area contributed by atoms with Gasteiger partial charge in [0.05, 0.1) is 0 Å². The molecule has 0 nitrogen and oxygen atoms in total. The molecule has 0 unspecified atom stereocenters. The SMILES string of the molecule is C=CC1=C(C=C)CC(C)=C1. The molecule has 0 heterocycles. The Morgan fingerprint density at radius 1 is 1.40 bits per heavy atom. The van der Waals surface area contributed by atoms with Crippen LogP contribution in [0.3, 0.4) is 0 Å². The molecule has 0 saturated heterocycles. The summed E-state index contributed by atoms with van der Waals surface area (Å²) in [7, 11) is 0. The maximum Gasteiger partial charge on any atom is -0.00608 e. The van der Waals surface area contributed by atoms with Crippen LogP contribution in [0.1, 0.15) is 13.3 Å². The Hall–Kier alpha value is -1.04. The molecule has 0 aromatic heterocycles. The Balaban J connectivity index is 2.94. The second-order valence-electron chi connectivity index (χ2n) is 2.56. The Bertz CT molecular complexity index is 226. The smallest absolute Gasteiger partial charge is 0.00608 e. The van der Waals surface area contributed by atoms with Crippen LogP contribution < -0.4 is 0 Å². The first-order chi connectivity index (χ1) is 4.77. The van der Waals surface area contributed by atoms with Gasteiger partial charge in [-0.25, -0.2) is 0 Å². The van der Waals surface area contributed by atoms with Crippen molar-refractivity contribution in [2.45, 2.75) is 13.3 Å². The van der Waals surface area contributed by atoms with Crippen molar-refractivity contribution in [2.75, 3.05) is 0 Å². The third-order valence-electron chi connectivity index (χ3n) is 1.71. The molecule has 52 valence electrons. The van der Waals surface area contributed by atoms with Gasteiger partial charge < -0.3 is 0 Å². The number of hydrogen-bond acceptors (Lipinski definition) is 0. The largest absolute Gasteiger partial charge is 0.0988 e. The zero-order valence-electron chi connectivity index (χ0n) is 6.35. The van der Waals surface area contributed by atoms with E-state index in [1.165, 1.54) is 16.7 Å². The summed E-state index contributed by atoms with van der Waals surface area (Å²) in [4.78, 5) is 0. The Morgan fingerprint density at radius 3 is 2.50 bits per heavy atom. The van der Waals surface area contributed by atoms with Crippen molar-refractivity contribution in [3.63, 3.8) is 0 Å². The minimum Gasteiger partial charge on any atom is -0.0988 e. The van der Waals surface area contributed by atoms with Crippen LogP contribution in [0, 0.1) is 0 Å². The van der Waals surface area contributed by atoms with Crippen LogP contribution in [0.25, 0.3) is 0 Å². The fourth-order valence-corrected chi connectivity index (χ4v) is 1.19. The van der Waals surface area contributed by atoms with Crippen LogP contribution in [0.5, 0.6) is 0 Å². The number of hydrogen-bond donors (Lipinski definition) is 0. The zero-order chi connectivity index (χ0) is 7.56. The lowest BCUT2D eigenvalue weighted by atomic mass is 10.1. The van der Waals surface area contributed by atoms with E-state index in [2.05, 4.69) is 26.2 Å². The van der Waals surface area contributed by atoms with Gasteiger partial charge in [0.2, 0.25) is 0 Å². The van der Waals surface area contributed by atoms with E-state index in [1.54, 1.807) is 0 Å². The predicted octanol–water partition coefficient (Wildman–Crippen LogP) is 3.01. The minimum atomic E-state index is 1.05. The molecule has 0 radical (unpaired) electrons. The molecule has 0 heteroatoms. The van der Waals surface area contributed by atoms with Gasteiger partial charge in [-0.05, 0) is 24.5 Å². The van der Waals surface area contributed by atoms with Crippen LogP contribution in [0.2, 0.25) is 0 Å². The highest BCUT2D eigenvalue weighted by Gasteiger charge is 2.06.